The number of imide groups is 1. The molecule has 1 aromatic carbocycles. The number of morpholine rings is 1. The standard InChI is InChI=1S/C13H14ClN3O7/c1-15(13(21)16-2-4-24-5-3-16)12(20)9-7(14)6-8(18)11(19)10(9)17(22)23/h6,18-19H,2-5H2,1H3. The lowest BCUT2D eigenvalue weighted by Gasteiger charge is -2.30. The Morgan fingerprint density at radius 1 is 1.38 bits per heavy atom. The average molecular weight is 360 g/mol. The van der Waals surface area contributed by atoms with E-state index in [4.69, 9.17) is 16.3 Å². The minimum Gasteiger partial charge on any atom is -0.504 e. The van der Waals surface area contributed by atoms with Crippen molar-refractivity contribution in [3.05, 3.63) is 26.8 Å². The molecule has 0 bridgehead atoms. The Morgan fingerprint density at radius 2 is 1.96 bits per heavy atom. The van der Waals surface area contributed by atoms with Crippen LogP contribution in [0.1, 0.15) is 10.4 Å². The van der Waals surface area contributed by atoms with Crippen LogP contribution in [0.4, 0.5) is 10.5 Å². The van der Waals surface area contributed by atoms with Crippen LogP contribution < -0.4 is 0 Å². The molecular weight excluding hydrogens is 346 g/mol. The van der Waals surface area contributed by atoms with Crippen LogP contribution in [0.2, 0.25) is 5.02 Å². The second-order valence-electron chi connectivity index (χ2n) is 4.95. The molecule has 10 nitrogen and oxygen atoms in total. The van der Waals surface area contributed by atoms with Gasteiger partial charge in [-0.3, -0.25) is 19.8 Å². The first-order valence-corrected chi connectivity index (χ1v) is 7.17. The molecule has 2 rings (SSSR count). The molecule has 11 heteroatoms. The summed E-state index contributed by atoms with van der Waals surface area (Å²) < 4.78 is 5.10. The predicted molar refractivity (Wildman–Crippen MR) is 81.3 cm³/mol. The number of halogens is 1. The summed E-state index contributed by atoms with van der Waals surface area (Å²) in [7, 11) is 1.14. The van der Waals surface area contributed by atoms with Crippen LogP contribution in [-0.2, 0) is 4.74 Å². The zero-order chi connectivity index (χ0) is 18.0. The summed E-state index contributed by atoms with van der Waals surface area (Å²) in [6.07, 6.45) is 0. The van der Waals surface area contributed by atoms with Gasteiger partial charge in [-0.05, 0) is 0 Å². The zero-order valence-corrected chi connectivity index (χ0v) is 13.3. The summed E-state index contributed by atoms with van der Waals surface area (Å²) in [5, 5.41) is 29.8. The number of ether oxygens (including phenoxy) is 1. The molecule has 1 aromatic rings. The summed E-state index contributed by atoms with van der Waals surface area (Å²) >= 11 is 5.81. The molecule has 1 heterocycles. The quantitative estimate of drug-likeness (QED) is 0.460. The first-order chi connectivity index (χ1) is 11.3. The van der Waals surface area contributed by atoms with Gasteiger partial charge in [-0.15, -0.1) is 0 Å². The van der Waals surface area contributed by atoms with Gasteiger partial charge in [-0.2, -0.15) is 0 Å². The van der Waals surface area contributed by atoms with Gasteiger partial charge in [-0.25, -0.2) is 4.79 Å². The number of rotatable bonds is 2. The third-order valence-corrected chi connectivity index (χ3v) is 3.77. The van der Waals surface area contributed by atoms with E-state index in [2.05, 4.69) is 0 Å². The molecule has 0 aromatic heterocycles. The minimum absolute atomic E-state index is 0.271. The van der Waals surface area contributed by atoms with Crippen LogP contribution in [0.25, 0.3) is 0 Å². The molecule has 1 saturated heterocycles. The zero-order valence-electron chi connectivity index (χ0n) is 12.6. The number of hydrogen-bond donors (Lipinski definition) is 2. The summed E-state index contributed by atoms with van der Waals surface area (Å²) in [4.78, 5) is 36.9. The van der Waals surface area contributed by atoms with E-state index in [9.17, 15) is 29.9 Å². The van der Waals surface area contributed by atoms with Crippen LogP contribution >= 0.6 is 11.6 Å². The number of phenolic OH excluding ortho intramolecular Hbond substituents is 2. The Morgan fingerprint density at radius 3 is 2.50 bits per heavy atom. The van der Waals surface area contributed by atoms with E-state index in [0.717, 1.165) is 13.1 Å². The highest BCUT2D eigenvalue weighted by molar-refractivity contribution is 6.35. The summed E-state index contributed by atoms with van der Waals surface area (Å²) in [5.74, 6) is -3.01. The number of nitrogens with zero attached hydrogens (tertiary/aromatic N) is 3. The predicted octanol–water partition coefficient (Wildman–Crippen LogP) is 1.18. The van der Waals surface area contributed by atoms with Crippen molar-refractivity contribution in [1.82, 2.24) is 9.80 Å². The Kier molecular flexibility index (Phi) is 5.10. The highest BCUT2D eigenvalue weighted by atomic mass is 35.5. The molecule has 3 amide bonds. The fourth-order valence-corrected chi connectivity index (χ4v) is 2.49. The van der Waals surface area contributed by atoms with E-state index >= 15 is 0 Å². The van der Waals surface area contributed by atoms with Crippen molar-refractivity contribution >= 4 is 29.2 Å². The second-order valence-corrected chi connectivity index (χ2v) is 5.36. The fourth-order valence-electron chi connectivity index (χ4n) is 2.22. The van der Waals surface area contributed by atoms with Gasteiger partial charge in [-0.1, -0.05) is 11.6 Å². The maximum atomic E-state index is 12.5. The van der Waals surface area contributed by atoms with Gasteiger partial charge >= 0.3 is 11.7 Å². The Hall–Kier alpha value is -2.59. The van der Waals surface area contributed by atoms with Crippen molar-refractivity contribution in [2.75, 3.05) is 33.4 Å². The number of urea groups is 1. The molecule has 0 spiro atoms. The van der Waals surface area contributed by atoms with Crippen molar-refractivity contribution < 1.29 is 29.5 Å². The van der Waals surface area contributed by atoms with Crippen LogP contribution in [0, 0.1) is 10.1 Å². The number of amides is 3. The molecule has 2 N–H and O–H groups in total. The van der Waals surface area contributed by atoms with Gasteiger partial charge in [0.15, 0.2) is 5.75 Å². The Bertz CT molecular complexity index is 703. The highest BCUT2D eigenvalue weighted by Gasteiger charge is 2.35. The maximum absolute atomic E-state index is 12.5. The van der Waals surface area contributed by atoms with Gasteiger partial charge in [0.2, 0.25) is 5.75 Å². The average Bonchev–Trinajstić information content (AvgIpc) is 2.56. The third kappa shape index (κ3) is 3.19. The third-order valence-electron chi connectivity index (χ3n) is 3.48. The van der Waals surface area contributed by atoms with Gasteiger partial charge in [0.25, 0.3) is 5.91 Å². The molecule has 0 unspecified atom stereocenters. The van der Waals surface area contributed by atoms with E-state index in [0.29, 0.717) is 18.1 Å². The fraction of sp³-hybridized carbons (Fsp3) is 0.385. The number of nitro benzene ring substituents is 1. The number of phenols is 2. The lowest BCUT2D eigenvalue weighted by molar-refractivity contribution is -0.386. The first kappa shape index (κ1) is 17.8. The summed E-state index contributed by atoms with van der Waals surface area (Å²) in [6.45, 7) is 1.17. The van der Waals surface area contributed by atoms with Crippen molar-refractivity contribution in [2.45, 2.75) is 0 Å². The molecule has 24 heavy (non-hydrogen) atoms. The van der Waals surface area contributed by atoms with E-state index in [1.54, 1.807) is 0 Å². The SMILES string of the molecule is CN(C(=O)c1c(Cl)cc(O)c(O)c1[N+](=O)[O-])C(=O)N1CCOCC1. The number of aromatic hydroxyl groups is 2. The van der Waals surface area contributed by atoms with E-state index in [1.807, 2.05) is 0 Å². The number of carbonyl (C=O) groups is 2. The van der Waals surface area contributed by atoms with Crippen molar-refractivity contribution in [1.29, 1.82) is 0 Å². The molecule has 0 atom stereocenters. The lowest BCUT2D eigenvalue weighted by atomic mass is 10.1. The molecule has 0 radical (unpaired) electrons. The summed E-state index contributed by atoms with van der Waals surface area (Å²) in [6, 6.07) is 0.116. The smallest absolute Gasteiger partial charge is 0.328 e. The van der Waals surface area contributed by atoms with Crippen LogP contribution in [0.3, 0.4) is 0 Å². The highest BCUT2D eigenvalue weighted by Crippen LogP contribution is 2.42. The molecule has 1 fully saturated rings. The number of hydrogen-bond acceptors (Lipinski definition) is 7. The Labute approximate surface area is 140 Å². The van der Waals surface area contributed by atoms with Gasteiger partial charge in [0.05, 0.1) is 23.2 Å². The first-order valence-electron chi connectivity index (χ1n) is 6.79. The van der Waals surface area contributed by atoms with Crippen LogP contribution in [0.15, 0.2) is 6.07 Å². The monoisotopic (exact) mass is 359 g/mol. The molecule has 130 valence electrons. The largest absolute Gasteiger partial charge is 0.504 e. The van der Waals surface area contributed by atoms with E-state index in [-0.39, 0.29) is 13.1 Å². The Balaban J connectivity index is 2.40. The van der Waals surface area contributed by atoms with Gasteiger partial charge in [0, 0.05) is 26.2 Å². The normalized spacial score (nSPS) is 14.3. The van der Waals surface area contributed by atoms with Crippen molar-refractivity contribution in [3.8, 4) is 11.5 Å². The molecule has 0 saturated carbocycles. The maximum Gasteiger partial charge on any atom is 0.328 e. The minimum atomic E-state index is -1.10. The number of nitro groups is 1. The summed E-state index contributed by atoms with van der Waals surface area (Å²) in [5.41, 5.74) is -1.74. The van der Waals surface area contributed by atoms with Crippen molar-refractivity contribution in [3.63, 3.8) is 0 Å². The molecular formula is C13H14ClN3O7. The molecule has 1 aliphatic rings. The topological polar surface area (TPSA) is 133 Å². The molecule has 0 aliphatic carbocycles. The van der Waals surface area contributed by atoms with Gasteiger partial charge < -0.3 is 19.8 Å². The number of benzene rings is 1. The molecule has 1 aliphatic heterocycles. The van der Waals surface area contributed by atoms with E-state index < -0.39 is 44.6 Å². The number of carbonyl (C=O) groups excluding carboxylic acids is 2. The van der Waals surface area contributed by atoms with Gasteiger partial charge in [0.1, 0.15) is 5.56 Å². The van der Waals surface area contributed by atoms with Crippen molar-refractivity contribution in [2.24, 2.45) is 0 Å². The lowest BCUT2D eigenvalue weighted by Crippen LogP contribution is -2.48. The van der Waals surface area contributed by atoms with Crippen LogP contribution in [-0.4, -0.2) is 70.2 Å². The second kappa shape index (κ2) is 6.89. The van der Waals surface area contributed by atoms with E-state index in [1.165, 1.54) is 4.90 Å². The van der Waals surface area contributed by atoms with Crippen LogP contribution in [0.5, 0.6) is 11.5 Å².